The van der Waals surface area contributed by atoms with E-state index in [-0.39, 0.29) is 22.0 Å². The third kappa shape index (κ3) is 5.16. The highest BCUT2D eigenvalue weighted by Crippen LogP contribution is 2.41. The minimum absolute atomic E-state index is 0.000863. The highest BCUT2D eigenvalue weighted by molar-refractivity contribution is 7.93. The van der Waals surface area contributed by atoms with E-state index < -0.39 is 54.2 Å². The van der Waals surface area contributed by atoms with Crippen LogP contribution < -0.4 is 4.72 Å². The van der Waals surface area contributed by atoms with Gasteiger partial charge in [-0.2, -0.15) is 5.26 Å². The van der Waals surface area contributed by atoms with Crippen molar-refractivity contribution >= 4 is 48.6 Å². The van der Waals surface area contributed by atoms with Gasteiger partial charge in [0.2, 0.25) is 25.8 Å². The van der Waals surface area contributed by atoms with Crippen LogP contribution in [-0.4, -0.2) is 63.2 Å². The number of Topliss-reactive ketones (excluding diaryl/α,β-unsaturated/α-hetero) is 1. The molecule has 200 valence electrons. The van der Waals surface area contributed by atoms with Crippen LogP contribution in [0.2, 0.25) is 0 Å². The Morgan fingerprint density at radius 1 is 1.19 bits per heavy atom. The molecule has 1 aliphatic carbocycles. The number of benzene rings is 1. The van der Waals surface area contributed by atoms with Gasteiger partial charge in [-0.25, -0.2) is 16.8 Å². The number of nitrogens with zero attached hydrogens (tertiary/aromatic N) is 3. The van der Waals surface area contributed by atoms with Gasteiger partial charge >= 0.3 is 0 Å². The molecular weight excluding hydrogens is 516 g/mol. The molecule has 3 unspecified atom stereocenters. The number of fused-ring (bicyclic) bond motifs is 1. The Morgan fingerprint density at radius 3 is 2.41 bits per heavy atom. The van der Waals surface area contributed by atoms with Gasteiger partial charge in [-0.15, -0.1) is 0 Å². The lowest BCUT2D eigenvalue weighted by atomic mass is 9.81. The van der Waals surface area contributed by atoms with E-state index >= 15 is 0 Å². The number of carbonyl (C=O) groups excluding carboxylic acids is 2. The van der Waals surface area contributed by atoms with Gasteiger partial charge in [-0.3, -0.25) is 19.3 Å². The standard InChI is InChI=1S/C25H32N4O6S2/c1-25(2,3)23-22(30)20(24(31)29(23)12-11-15-7-5-6-8-15)21-19(14-26)37(34,35)18-13-16(28-36(4,32)33)9-10-17(18)27-21/h9-10,13,15,19-20,23,28H,5-8,11-12H2,1-4H3. The van der Waals surface area contributed by atoms with Crippen LogP contribution in [0.15, 0.2) is 28.1 Å². The summed E-state index contributed by atoms with van der Waals surface area (Å²) in [5, 5.41) is 8.05. The van der Waals surface area contributed by atoms with Gasteiger partial charge in [0.15, 0.2) is 11.0 Å². The summed E-state index contributed by atoms with van der Waals surface area (Å²) < 4.78 is 52.4. The largest absolute Gasteiger partial charge is 0.331 e. The third-order valence-electron chi connectivity index (χ3n) is 7.28. The molecule has 1 saturated heterocycles. The van der Waals surface area contributed by atoms with Crippen molar-refractivity contribution in [1.82, 2.24) is 4.90 Å². The van der Waals surface area contributed by atoms with Crippen LogP contribution in [0.1, 0.15) is 52.9 Å². The highest BCUT2D eigenvalue weighted by Gasteiger charge is 2.56. The van der Waals surface area contributed by atoms with Crippen LogP contribution in [-0.2, 0) is 29.4 Å². The molecule has 2 aliphatic heterocycles. The number of rotatable bonds is 6. The van der Waals surface area contributed by atoms with Crippen molar-refractivity contribution < 1.29 is 26.4 Å². The number of nitriles is 1. The summed E-state index contributed by atoms with van der Waals surface area (Å²) in [6.45, 7) is 5.98. The molecule has 12 heteroatoms. The number of aliphatic imine (C=N–C) groups is 1. The molecule has 2 fully saturated rings. The Hall–Kier alpha value is -2.78. The number of carbonyl (C=O) groups is 2. The molecule has 3 atom stereocenters. The molecule has 3 aliphatic rings. The number of anilines is 1. The summed E-state index contributed by atoms with van der Waals surface area (Å²) in [5.41, 5.74) is -0.930. The Morgan fingerprint density at radius 2 is 1.84 bits per heavy atom. The number of hydrogen-bond donors (Lipinski definition) is 1. The van der Waals surface area contributed by atoms with Crippen molar-refractivity contribution in [3.8, 4) is 6.07 Å². The van der Waals surface area contributed by atoms with Gasteiger partial charge in [0.1, 0.15) is 5.92 Å². The fourth-order valence-corrected chi connectivity index (χ4v) is 7.85. The second-order valence-corrected chi connectivity index (χ2v) is 15.0. The molecule has 0 radical (unpaired) electrons. The van der Waals surface area contributed by atoms with Gasteiger partial charge in [-0.1, -0.05) is 46.5 Å². The molecule has 1 aromatic carbocycles. The quantitative estimate of drug-likeness (QED) is 0.536. The van der Waals surface area contributed by atoms with Crippen molar-refractivity contribution in [3.63, 3.8) is 0 Å². The Labute approximate surface area is 218 Å². The van der Waals surface area contributed by atoms with Crippen molar-refractivity contribution in [2.24, 2.45) is 22.2 Å². The number of sulfonamides is 1. The van der Waals surface area contributed by atoms with E-state index in [9.17, 15) is 31.7 Å². The molecule has 0 aromatic heterocycles. The molecular formula is C25H32N4O6S2. The van der Waals surface area contributed by atoms with Crippen molar-refractivity contribution in [2.45, 2.75) is 69.1 Å². The Balaban J connectivity index is 1.76. The maximum Gasteiger partial charge on any atom is 0.239 e. The lowest BCUT2D eigenvalue weighted by Crippen LogP contribution is -2.45. The smallest absolute Gasteiger partial charge is 0.239 e. The van der Waals surface area contributed by atoms with Gasteiger partial charge in [0.25, 0.3) is 0 Å². The second kappa shape index (κ2) is 9.51. The number of sulfone groups is 1. The summed E-state index contributed by atoms with van der Waals surface area (Å²) in [4.78, 5) is 33.1. The number of ketones is 1. The van der Waals surface area contributed by atoms with Crippen LogP contribution >= 0.6 is 0 Å². The zero-order chi connectivity index (χ0) is 27.3. The molecule has 1 aromatic rings. The zero-order valence-corrected chi connectivity index (χ0v) is 23.0. The van der Waals surface area contributed by atoms with E-state index in [0.717, 1.165) is 44.4 Å². The molecule has 1 amide bonds. The predicted molar refractivity (Wildman–Crippen MR) is 139 cm³/mol. The van der Waals surface area contributed by atoms with E-state index in [1.807, 2.05) is 20.8 Å². The fourth-order valence-electron chi connectivity index (χ4n) is 5.70. The first-order valence-electron chi connectivity index (χ1n) is 12.3. The highest BCUT2D eigenvalue weighted by atomic mass is 32.2. The van der Waals surface area contributed by atoms with Crippen LogP contribution in [0, 0.1) is 28.6 Å². The molecule has 1 N–H and O–H groups in total. The normalized spacial score (nSPS) is 26.1. The zero-order valence-electron chi connectivity index (χ0n) is 21.4. The first-order chi connectivity index (χ1) is 17.1. The summed E-state index contributed by atoms with van der Waals surface area (Å²) in [5.74, 6) is -1.94. The molecule has 4 rings (SSSR count). The van der Waals surface area contributed by atoms with Gasteiger partial charge in [-0.05, 0) is 36.0 Å². The molecule has 37 heavy (non-hydrogen) atoms. The van der Waals surface area contributed by atoms with E-state index in [2.05, 4.69) is 9.71 Å². The van der Waals surface area contributed by atoms with E-state index in [4.69, 9.17) is 0 Å². The fraction of sp³-hybridized carbons (Fsp3) is 0.600. The Kier molecular flexibility index (Phi) is 7.01. The minimum atomic E-state index is -4.39. The van der Waals surface area contributed by atoms with Crippen LogP contribution in [0.4, 0.5) is 11.4 Å². The van der Waals surface area contributed by atoms with Crippen molar-refractivity contribution in [2.75, 3.05) is 17.5 Å². The summed E-state index contributed by atoms with van der Waals surface area (Å²) in [6, 6.07) is 4.71. The first-order valence-corrected chi connectivity index (χ1v) is 15.8. The maximum atomic E-state index is 13.7. The summed E-state index contributed by atoms with van der Waals surface area (Å²) in [6.07, 6.45) is 6.19. The SMILES string of the molecule is CC(C)(C)C1C(=O)C(C2=Nc3ccc(NS(C)(=O)=O)cc3S(=O)(=O)C2C#N)C(=O)N1CCC1CCCC1. The average Bonchev–Trinajstić information content (AvgIpc) is 3.36. The van der Waals surface area contributed by atoms with Crippen molar-refractivity contribution in [3.05, 3.63) is 18.2 Å². The average molecular weight is 549 g/mol. The topological polar surface area (TPSA) is 154 Å². The lowest BCUT2D eigenvalue weighted by Gasteiger charge is -2.34. The number of likely N-dealkylation sites (tertiary alicyclic amines) is 1. The molecule has 10 nitrogen and oxygen atoms in total. The predicted octanol–water partition coefficient (Wildman–Crippen LogP) is 2.83. The summed E-state index contributed by atoms with van der Waals surface area (Å²) in [7, 11) is -8.07. The maximum absolute atomic E-state index is 13.7. The van der Waals surface area contributed by atoms with E-state index in [1.54, 1.807) is 11.0 Å². The number of amides is 1. The minimum Gasteiger partial charge on any atom is -0.331 e. The van der Waals surface area contributed by atoms with E-state index in [0.29, 0.717) is 12.5 Å². The van der Waals surface area contributed by atoms with Crippen LogP contribution in [0.25, 0.3) is 0 Å². The number of hydrogen-bond acceptors (Lipinski definition) is 8. The van der Waals surface area contributed by atoms with Crippen LogP contribution in [0.3, 0.4) is 0 Å². The van der Waals surface area contributed by atoms with E-state index in [1.165, 1.54) is 12.1 Å². The first kappa shape index (κ1) is 27.3. The molecule has 0 spiro atoms. The van der Waals surface area contributed by atoms with Gasteiger partial charge in [0, 0.05) is 12.2 Å². The molecule has 0 bridgehead atoms. The van der Waals surface area contributed by atoms with Crippen LogP contribution in [0.5, 0.6) is 0 Å². The Bertz CT molecular complexity index is 1410. The molecule has 1 saturated carbocycles. The van der Waals surface area contributed by atoms with Gasteiger partial charge in [0.05, 0.1) is 34.7 Å². The molecule has 2 heterocycles. The number of nitrogens with one attached hydrogen (secondary N) is 1. The third-order valence-corrected chi connectivity index (χ3v) is 9.79. The monoisotopic (exact) mass is 548 g/mol. The van der Waals surface area contributed by atoms with Crippen molar-refractivity contribution in [1.29, 1.82) is 5.26 Å². The second-order valence-electron chi connectivity index (χ2n) is 11.2. The lowest BCUT2D eigenvalue weighted by molar-refractivity contribution is -0.132. The summed E-state index contributed by atoms with van der Waals surface area (Å²) >= 11 is 0. The van der Waals surface area contributed by atoms with Gasteiger partial charge < -0.3 is 4.90 Å².